The van der Waals surface area contributed by atoms with E-state index in [1.807, 2.05) is 18.2 Å². The van der Waals surface area contributed by atoms with Crippen molar-refractivity contribution in [1.82, 2.24) is 9.78 Å². The van der Waals surface area contributed by atoms with Gasteiger partial charge in [0.15, 0.2) is 11.6 Å². The fourth-order valence-electron chi connectivity index (χ4n) is 2.44. The summed E-state index contributed by atoms with van der Waals surface area (Å²) in [5, 5.41) is 4.22. The van der Waals surface area contributed by atoms with E-state index in [0.29, 0.717) is 18.8 Å². The molecule has 0 atom stereocenters. The molecule has 1 amide bonds. The molecule has 5 nitrogen and oxygen atoms in total. The predicted molar refractivity (Wildman–Crippen MR) is 75.6 cm³/mol. The Morgan fingerprint density at radius 2 is 2.10 bits per heavy atom. The third-order valence-electron chi connectivity index (χ3n) is 3.44. The highest BCUT2D eigenvalue weighted by Crippen LogP contribution is 2.27. The Hall–Kier alpha value is -2.37. The molecule has 2 aromatic rings. The summed E-state index contributed by atoms with van der Waals surface area (Å²) in [6.07, 6.45) is 0.771. The Balaban J connectivity index is 1.83. The monoisotopic (exact) mass is 289 g/mol. The van der Waals surface area contributed by atoms with Gasteiger partial charge in [-0.25, -0.2) is 9.07 Å². The summed E-state index contributed by atoms with van der Waals surface area (Å²) in [5.41, 5.74) is 0.224. The van der Waals surface area contributed by atoms with Crippen molar-refractivity contribution in [3.63, 3.8) is 0 Å². The number of amides is 1. The number of nitrogens with zero attached hydrogens (tertiary/aromatic N) is 3. The number of para-hydroxylation sites is 1. The van der Waals surface area contributed by atoms with E-state index in [1.165, 1.54) is 11.8 Å². The summed E-state index contributed by atoms with van der Waals surface area (Å²) < 4.78 is 21.5. The van der Waals surface area contributed by atoms with Crippen molar-refractivity contribution in [1.29, 1.82) is 0 Å². The van der Waals surface area contributed by atoms with Gasteiger partial charge in [0, 0.05) is 20.0 Å². The van der Waals surface area contributed by atoms with Gasteiger partial charge in [-0.2, -0.15) is 5.10 Å². The number of carbonyl (C=O) groups is 1. The highest BCUT2D eigenvalue weighted by Gasteiger charge is 2.28. The van der Waals surface area contributed by atoms with Gasteiger partial charge in [0.1, 0.15) is 18.1 Å². The maximum Gasteiger partial charge on any atom is 0.225 e. The van der Waals surface area contributed by atoms with Crippen LogP contribution in [0.2, 0.25) is 0 Å². The van der Waals surface area contributed by atoms with Gasteiger partial charge >= 0.3 is 0 Å². The number of benzene rings is 1. The zero-order valence-corrected chi connectivity index (χ0v) is 11.8. The van der Waals surface area contributed by atoms with Crippen LogP contribution in [-0.2, 0) is 17.9 Å². The number of ether oxygens (including phenoxy) is 1. The van der Waals surface area contributed by atoms with Gasteiger partial charge in [-0.15, -0.1) is 0 Å². The van der Waals surface area contributed by atoms with Crippen LogP contribution >= 0.6 is 0 Å². The van der Waals surface area contributed by atoms with Gasteiger partial charge in [0.25, 0.3) is 0 Å². The quantitative estimate of drug-likeness (QED) is 0.871. The Labute approximate surface area is 121 Å². The summed E-state index contributed by atoms with van der Waals surface area (Å²) in [6, 6.07) is 9.18. The molecule has 0 spiro atoms. The van der Waals surface area contributed by atoms with Crippen LogP contribution in [0, 0.1) is 5.82 Å². The molecule has 1 aliphatic heterocycles. The second-order valence-electron chi connectivity index (χ2n) is 4.93. The lowest BCUT2D eigenvalue weighted by molar-refractivity contribution is -0.116. The van der Waals surface area contributed by atoms with Gasteiger partial charge in [-0.3, -0.25) is 9.69 Å². The van der Waals surface area contributed by atoms with E-state index in [9.17, 15) is 9.18 Å². The Morgan fingerprint density at radius 1 is 1.33 bits per heavy atom. The van der Waals surface area contributed by atoms with Gasteiger partial charge in [0.05, 0.1) is 0 Å². The van der Waals surface area contributed by atoms with Crippen molar-refractivity contribution >= 4 is 11.7 Å². The number of aryl methyl sites for hydroxylation is 1. The Morgan fingerprint density at radius 3 is 2.81 bits per heavy atom. The van der Waals surface area contributed by atoms with Crippen LogP contribution in [0.25, 0.3) is 0 Å². The second-order valence-corrected chi connectivity index (χ2v) is 4.93. The molecule has 21 heavy (non-hydrogen) atoms. The van der Waals surface area contributed by atoms with Crippen molar-refractivity contribution < 1.29 is 13.9 Å². The van der Waals surface area contributed by atoms with E-state index in [-0.39, 0.29) is 24.0 Å². The number of anilines is 1. The summed E-state index contributed by atoms with van der Waals surface area (Å²) in [4.78, 5) is 13.0. The lowest BCUT2D eigenvalue weighted by Crippen LogP contribution is -2.36. The molecule has 0 aliphatic carbocycles. The fourth-order valence-corrected chi connectivity index (χ4v) is 2.44. The number of hydrogen-bond donors (Lipinski definition) is 0. The lowest BCUT2D eigenvalue weighted by Gasteiger charge is -2.26. The molecule has 2 heterocycles. The molecule has 0 saturated heterocycles. The largest absolute Gasteiger partial charge is 0.487 e. The Bertz CT molecular complexity index is 654. The van der Waals surface area contributed by atoms with E-state index in [0.717, 1.165) is 6.42 Å². The average Bonchev–Trinajstić information content (AvgIpc) is 2.83. The number of halogens is 1. The summed E-state index contributed by atoms with van der Waals surface area (Å²) in [7, 11) is 0. The topological polar surface area (TPSA) is 47.4 Å². The van der Waals surface area contributed by atoms with E-state index in [4.69, 9.17) is 4.74 Å². The molecule has 1 aromatic heterocycles. The first-order chi connectivity index (χ1) is 10.2. The van der Waals surface area contributed by atoms with Crippen molar-refractivity contribution in [2.75, 3.05) is 11.4 Å². The lowest BCUT2D eigenvalue weighted by atomic mass is 10.3. The highest BCUT2D eigenvalue weighted by atomic mass is 19.1. The van der Waals surface area contributed by atoms with Crippen LogP contribution in [0.1, 0.15) is 19.0 Å². The van der Waals surface area contributed by atoms with Gasteiger partial charge in [-0.05, 0) is 18.6 Å². The first-order valence-electron chi connectivity index (χ1n) is 6.88. The van der Waals surface area contributed by atoms with Crippen molar-refractivity contribution in [2.24, 2.45) is 0 Å². The molecule has 0 fully saturated rings. The summed E-state index contributed by atoms with van der Waals surface area (Å²) in [5.74, 6) is 0.262. The molecule has 0 unspecified atom stereocenters. The second kappa shape index (κ2) is 5.55. The molecule has 6 heteroatoms. The zero-order chi connectivity index (χ0) is 14.8. The molecule has 1 aromatic carbocycles. The predicted octanol–water partition coefficient (Wildman–Crippen LogP) is 2.36. The summed E-state index contributed by atoms with van der Waals surface area (Å²) in [6.45, 7) is 2.61. The van der Waals surface area contributed by atoms with Crippen molar-refractivity contribution in [3.05, 3.63) is 41.8 Å². The van der Waals surface area contributed by atoms with Crippen molar-refractivity contribution in [3.8, 4) is 5.75 Å². The molecule has 110 valence electrons. The smallest absolute Gasteiger partial charge is 0.225 e. The van der Waals surface area contributed by atoms with Crippen LogP contribution < -0.4 is 9.64 Å². The molecule has 0 bridgehead atoms. The first-order valence-corrected chi connectivity index (χ1v) is 6.88. The third-order valence-corrected chi connectivity index (χ3v) is 3.44. The number of carbonyl (C=O) groups excluding carboxylic acids is 1. The van der Waals surface area contributed by atoms with Gasteiger partial charge in [0.2, 0.25) is 5.91 Å². The van der Waals surface area contributed by atoms with E-state index >= 15 is 0 Å². The third kappa shape index (κ3) is 2.61. The number of aromatic nitrogens is 2. The van der Waals surface area contributed by atoms with Gasteiger partial charge in [-0.1, -0.05) is 18.2 Å². The first kappa shape index (κ1) is 13.6. The molecule has 1 aliphatic rings. The molecule has 3 rings (SSSR count). The maximum atomic E-state index is 14.5. The maximum absolute atomic E-state index is 14.5. The van der Waals surface area contributed by atoms with Crippen LogP contribution in [-0.4, -0.2) is 22.2 Å². The summed E-state index contributed by atoms with van der Waals surface area (Å²) >= 11 is 0. The molecular weight excluding hydrogens is 273 g/mol. The van der Waals surface area contributed by atoms with E-state index < -0.39 is 5.82 Å². The standard InChI is InChI=1S/C15H16FN3O2/c1-11(20)18-8-5-9-19-15(18)14(16)13(17-19)10-21-12-6-3-2-4-7-12/h2-4,6-7H,5,8-10H2,1H3. The number of fused-ring (bicyclic) bond motifs is 1. The minimum atomic E-state index is -0.471. The van der Waals surface area contributed by atoms with Crippen LogP contribution in [0.4, 0.5) is 10.2 Å². The highest BCUT2D eigenvalue weighted by molar-refractivity contribution is 5.91. The normalized spacial score (nSPS) is 13.9. The number of rotatable bonds is 3. The van der Waals surface area contributed by atoms with Crippen molar-refractivity contribution in [2.45, 2.75) is 26.5 Å². The average molecular weight is 289 g/mol. The van der Waals surface area contributed by atoms with E-state index in [1.54, 1.807) is 16.8 Å². The molecule has 0 saturated carbocycles. The molecule has 0 N–H and O–H groups in total. The zero-order valence-electron chi connectivity index (χ0n) is 11.8. The molecular formula is C15H16FN3O2. The van der Waals surface area contributed by atoms with Crippen LogP contribution in [0.15, 0.2) is 30.3 Å². The fraction of sp³-hybridized carbons (Fsp3) is 0.333. The minimum absolute atomic E-state index is 0.0432. The molecule has 0 radical (unpaired) electrons. The minimum Gasteiger partial charge on any atom is -0.487 e. The van der Waals surface area contributed by atoms with Gasteiger partial charge < -0.3 is 4.74 Å². The van der Waals surface area contributed by atoms with Crippen LogP contribution in [0.3, 0.4) is 0 Å². The number of hydrogen-bond acceptors (Lipinski definition) is 3. The SMILES string of the molecule is CC(=O)N1CCCn2nc(COc3ccccc3)c(F)c21. The van der Waals surface area contributed by atoms with E-state index in [2.05, 4.69) is 5.10 Å². The van der Waals surface area contributed by atoms with Crippen LogP contribution in [0.5, 0.6) is 5.75 Å². The Kier molecular flexibility index (Phi) is 3.60.